The Morgan fingerprint density at radius 3 is 2.54 bits per heavy atom. The molecule has 1 N–H and O–H groups in total. The molecule has 1 fully saturated rings. The minimum absolute atomic E-state index is 0.0726. The van der Waals surface area contributed by atoms with Crippen LogP contribution in [0, 0.1) is 11.6 Å². The van der Waals surface area contributed by atoms with Gasteiger partial charge in [-0.2, -0.15) is 23.3 Å². The zero-order chi connectivity index (χ0) is 24.9. The van der Waals surface area contributed by atoms with Crippen LogP contribution in [0.2, 0.25) is 0 Å². The van der Waals surface area contributed by atoms with Crippen molar-refractivity contribution in [1.82, 2.24) is 29.7 Å². The van der Waals surface area contributed by atoms with Crippen LogP contribution in [0.1, 0.15) is 30.1 Å². The van der Waals surface area contributed by atoms with Gasteiger partial charge < -0.3 is 10.0 Å². The van der Waals surface area contributed by atoms with Gasteiger partial charge in [-0.1, -0.05) is 0 Å². The number of piperidine rings is 1. The molecule has 1 atom stereocenters. The molecule has 0 aliphatic carbocycles. The van der Waals surface area contributed by atoms with E-state index in [-0.39, 0.29) is 28.7 Å². The largest absolute Gasteiger partial charge is 0.503 e. The second kappa shape index (κ2) is 8.40. The van der Waals surface area contributed by atoms with Crippen LogP contribution in [0.5, 0.6) is 5.75 Å². The van der Waals surface area contributed by atoms with Crippen LogP contribution in [-0.4, -0.2) is 47.9 Å². The number of aromatic hydroxyl groups is 1. The van der Waals surface area contributed by atoms with Crippen LogP contribution in [0.3, 0.4) is 0 Å². The topological polar surface area (TPSA) is 92.8 Å². The molecule has 0 amide bonds. The normalized spacial score (nSPS) is 16.7. The molecule has 3 aromatic heterocycles. The summed E-state index contributed by atoms with van der Waals surface area (Å²) < 4.78 is 69.6. The van der Waals surface area contributed by atoms with E-state index in [1.165, 1.54) is 17.9 Å². The number of anilines is 1. The molecule has 1 aromatic carbocycles. The fourth-order valence-electron chi connectivity index (χ4n) is 4.27. The zero-order valence-electron chi connectivity index (χ0n) is 18.3. The summed E-state index contributed by atoms with van der Waals surface area (Å²) in [6.45, 7) is 1.24. The number of nitrogens with zero attached hydrogens (tertiary/aromatic N) is 7. The number of aromatic nitrogens is 6. The molecule has 4 heterocycles. The molecule has 35 heavy (non-hydrogen) atoms. The molecule has 1 saturated heterocycles. The summed E-state index contributed by atoms with van der Waals surface area (Å²) in [6.07, 6.45) is 1.28. The molecule has 182 valence electrons. The van der Waals surface area contributed by atoms with Gasteiger partial charge in [-0.15, -0.1) is 0 Å². The molecular weight excluding hydrogens is 473 g/mol. The van der Waals surface area contributed by atoms with E-state index >= 15 is 0 Å². The molecule has 1 aliphatic heterocycles. The number of phenolic OH excluding ortho intramolecular Hbond substituents is 1. The number of hydrogen-bond acceptors (Lipinski definition) is 7. The lowest BCUT2D eigenvalue weighted by molar-refractivity contribution is -0.140. The Labute approximate surface area is 195 Å². The molecule has 8 nitrogen and oxygen atoms in total. The van der Waals surface area contributed by atoms with Gasteiger partial charge in [0.2, 0.25) is 5.95 Å². The van der Waals surface area contributed by atoms with Crippen LogP contribution in [0.25, 0.3) is 22.3 Å². The van der Waals surface area contributed by atoms with Crippen LogP contribution in [-0.2, 0) is 13.2 Å². The van der Waals surface area contributed by atoms with Gasteiger partial charge in [0.05, 0.1) is 10.9 Å². The summed E-state index contributed by atoms with van der Waals surface area (Å²) in [5.74, 6) is -4.21. The molecule has 1 aliphatic rings. The number of alkyl halides is 3. The molecule has 0 bridgehead atoms. The van der Waals surface area contributed by atoms with Crippen molar-refractivity contribution in [3.63, 3.8) is 0 Å². The first-order valence-electron chi connectivity index (χ1n) is 10.6. The predicted molar refractivity (Wildman–Crippen MR) is 115 cm³/mol. The summed E-state index contributed by atoms with van der Waals surface area (Å²) in [5, 5.41) is 13.9. The van der Waals surface area contributed by atoms with Crippen molar-refractivity contribution in [3.8, 4) is 17.0 Å². The van der Waals surface area contributed by atoms with Gasteiger partial charge in [-0.25, -0.2) is 28.4 Å². The molecule has 5 rings (SSSR count). The Kier molecular flexibility index (Phi) is 5.49. The number of rotatable bonds is 3. The highest BCUT2D eigenvalue weighted by Crippen LogP contribution is 2.41. The Bertz CT molecular complexity index is 1410. The quantitative estimate of drug-likeness (QED) is 0.429. The molecule has 4 aromatic rings. The smallest absolute Gasteiger partial charge is 0.419 e. The molecular formula is C22H18F5N7O. The van der Waals surface area contributed by atoms with Crippen LogP contribution < -0.4 is 4.90 Å². The van der Waals surface area contributed by atoms with E-state index in [4.69, 9.17) is 0 Å². The Morgan fingerprint density at radius 1 is 1.09 bits per heavy atom. The van der Waals surface area contributed by atoms with Gasteiger partial charge in [0.1, 0.15) is 11.5 Å². The summed E-state index contributed by atoms with van der Waals surface area (Å²) >= 11 is 0. The SMILES string of the molecule is Cn1nc(-c2cc(C(F)(F)F)c(F)c(O)c2F)c2cnc(N3CCCC(c4ncccn4)C3)nc21. The number of fused-ring (bicyclic) bond motifs is 1. The average Bonchev–Trinajstić information content (AvgIpc) is 3.18. The zero-order valence-corrected chi connectivity index (χ0v) is 18.3. The van der Waals surface area contributed by atoms with Crippen LogP contribution in [0.15, 0.2) is 30.7 Å². The number of benzene rings is 1. The van der Waals surface area contributed by atoms with E-state index in [0.717, 1.165) is 12.8 Å². The number of hydrogen-bond donors (Lipinski definition) is 1. The van der Waals surface area contributed by atoms with Crippen molar-refractivity contribution in [1.29, 1.82) is 0 Å². The van der Waals surface area contributed by atoms with Crippen LogP contribution in [0.4, 0.5) is 27.9 Å². The minimum Gasteiger partial charge on any atom is -0.503 e. The summed E-state index contributed by atoms with van der Waals surface area (Å²) in [4.78, 5) is 19.4. The van der Waals surface area contributed by atoms with Crippen molar-refractivity contribution in [2.24, 2.45) is 7.05 Å². The van der Waals surface area contributed by atoms with E-state index in [2.05, 4.69) is 25.0 Å². The van der Waals surface area contributed by atoms with E-state index in [0.29, 0.717) is 24.9 Å². The van der Waals surface area contributed by atoms with Crippen LogP contribution >= 0.6 is 0 Å². The second-order valence-corrected chi connectivity index (χ2v) is 8.22. The standard InChI is InChI=1S/C22H18F5N7O/c1-33-20-13(17(32-33)12-8-14(22(25,26)27)16(24)18(35)15(12)23)9-30-21(31-20)34-7-2-4-11(10-34)19-28-5-3-6-29-19/h3,5-6,8-9,11,35H,2,4,7,10H2,1H3. The highest BCUT2D eigenvalue weighted by molar-refractivity contribution is 5.91. The summed E-state index contributed by atoms with van der Waals surface area (Å²) in [7, 11) is 1.49. The Morgan fingerprint density at radius 2 is 1.83 bits per heavy atom. The Hall–Kier alpha value is -3.90. The first-order chi connectivity index (χ1) is 16.6. The predicted octanol–water partition coefficient (Wildman–Crippen LogP) is 4.21. The molecule has 0 radical (unpaired) electrons. The third-order valence-electron chi connectivity index (χ3n) is 5.96. The van der Waals surface area contributed by atoms with Crippen molar-refractivity contribution < 1.29 is 27.1 Å². The summed E-state index contributed by atoms with van der Waals surface area (Å²) in [5.41, 5.74) is -2.52. The number of halogens is 5. The van der Waals surface area contributed by atoms with E-state index < -0.39 is 34.7 Å². The van der Waals surface area contributed by atoms with Gasteiger partial charge in [0, 0.05) is 50.2 Å². The van der Waals surface area contributed by atoms with Crippen molar-refractivity contribution in [2.75, 3.05) is 18.0 Å². The maximum absolute atomic E-state index is 14.7. The lowest BCUT2D eigenvalue weighted by Gasteiger charge is -2.31. The van der Waals surface area contributed by atoms with Gasteiger partial charge in [0.15, 0.2) is 23.0 Å². The second-order valence-electron chi connectivity index (χ2n) is 8.22. The lowest BCUT2D eigenvalue weighted by atomic mass is 9.97. The molecule has 13 heteroatoms. The first-order valence-corrected chi connectivity index (χ1v) is 10.6. The average molecular weight is 491 g/mol. The lowest BCUT2D eigenvalue weighted by Crippen LogP contribution is -2.36. The monoisotopic (exact) mass is 491 g/mol. The molecule has 1 unspecified atom stereocenters. The Balaban J connectivity index is 1.54. The van der Waals surface area contributed by atoms with E-state index in [1.807, 2.05) is 4.90 Å². The third kappa shape index (κ3) is 4.00. The fraction of sp³-hybridized carbons (Fsp3) is 0.318. The van der Waals surface area contributed by atoms with Gasteiger partial charge in [-0.05, 0) is 25.0 Å². The summed E-state index contributed by atoms with van der Waals surface area (Å²) in [6, 6.07) is 2.03. The molecule has 0 spiro atoms. The fourth-order valence-corrected chi connectivity index (χ4v) is 4.27. The highest BCUT2D eigenvalue weighted by atomic mass is 19.4. The number of aryl methyl sites for hydroxylation is 1. The van der Waals surface area contributed by atoms with E-state index in [9.17, 15) is 27.1 Å². The van der Waals surface area contributed by atoms with Crippen molar-refractivity contribution in [3.05, 3.63) is 53.7 Å². The van der Waals surface area contributed by atoms with E-state index in [1.54, 1.807) is 18.5 Å². The minimum atomic E-state index is -5.15. The van der Waals surface area contributed by atoms with Gasteiger partial charge in [0.25, 0.3) is 0 Å². The molecule has 0 saturated carbocycles. The van der Waals surface area contributed by atoms with Gasteiger partial charge >= 0.3 is 6.18 Å². The van der Waals surface area contributed by atoms with Crippen molar-refractivity contribution >= 4 is 17.0 Å². The van der Waals surface area contributed by atoms with Crippen molar-refractivity contribution in [2.45, 2.75) is 24.9 Å². The third-order valence-corrected chi connectivity index (χ3v) is 5.96. The highest BCUT2D eigenvalue weighted by Gasteiger charge is 2.38. The maximum atomic E-state index is 14.7. The first kappa shape index (κ1) is 22.9. The van der Waals surface area contributed by atoms with Gasteiger partial charge in [-0.3, -0.25) is 0 Å². The maximum Gasteiger partial charge on any atom is 0.419 e. The number of phenols is 1.